The Morgan fingerprint density at radius 3 is 2.50 bits per heavy atom. The predicted molar refractivity (Wildman–Crippen MR) is 44.7 cm³/mol. The molecule has 0 aliphatic carbocycles. The number of nitro benzene ring substituents is 1. The van der Waals surface area contributed by atoms with Crippen LogP contribution in [0.15, 0.2) is 12.1 Å². The number of benzene rings is 1. The molecule has 0 saturated carbocycles. The van der Waals surface area contributed by atoms with Gasteiger partial charge in [-0.05, 0) is 19.1 Å². The lowest BCUT2D eigenvalue weighted by Gasteiger charge is -2.01. The maximum absolute atomic E-state index is 12.9. The van der Waals surface area contributed by atoms with E-state index in [1.807, 2.05) is 0 Å². The van der Waals surface area contributed by atoms with Crippen molar-refractivity contribution in [1.82, 2.24) is 0 Å². The number of halogens is 1. The summed E-state index contributed by atoms with van der Waals surface area (Å²) in [5.41, 5.74) is -1.59. The summed E-state index contributed by atoms with van der Waals surface area (Å²) in [6.45, 7) is 1.02. The molecule has 1 rings (SSSR count). The summed E-state index contributed by atoms with van der Waals surface area (Å²) in [4.78, 5) is 20.3. The molecule has 0 spiro atoms. The van der Waals surface area contributed by atoms with Crippen LogP contribution in [0.1, 0.15) is 17.3 Å². The van der Waals surface area contributed by atoms with Gasteiger partial charge in [0.25, 0.3) is 0 Å². The molecule has 0 aliphatic rings. The van der Waals surface area contributed by atoms with Gasteiger partial charge in [-0.25, -0.2) is 0 Å². The summed E-state index contributed by atoms with van der Waals surface area (Å²) < 4.78 is 12.9. The van der Waals surface area contributed by atoms with Crippen molar-refractivity contribution in [3.63, 3.8) is 0 Å². The van der Waals surface area contributed by atoms with Gasteiger partial charge in [-0.1, -0.05) is 0 Å². The minimum absolute atomic E-state index is 0.592. The quantitative estimate of drug-likeness (QED) is 0.446. The van der Waals surface area contributed by atoms with Crippen molar-refractivity contribution in [3.8, 4) is 5.75 Å². The third-order valence-corrected chi connectivity index (χ3v) is 1.64. The fourth-order valence-corrected chi connectivity index (χ4v) is 1.08. The maximum Gasteiger partial charge on any atom is 0.319 e. The van der Waals surface area contributed by atoms with E-state index in [1.54, 1.807) is 0 Å². The Hall–Kier alpha value is -1.98. The Morgan fingerprint density at radius 1 is 1.57 bits per heavy atom. The van der Waals surface area contributed by atoms with Crippen LogP contribution in [-0.4, -0.2) is 15.8 Å². The number of rotatable bonds is 2. The first kappa shape index (κ1) is 10.1. The molecule has 74 valence electrons. The third kappa shape index (κ3) is 1.54. The second kappa shape index (κ2) is 3.41. The number of nitro groups is 1. The number of ketones is 1. The molecule has 6 heteroatoms. The predicted octanol–water partition coefficient (Wildman–Crippen LogP) is 1.64. The van der Waals surface area contributed by atoms with Gasteiger partial charge in [0.2, 0.25) is 5.82 Å². The molecule has 0 unspecified atom stereocenters. The summed E-state index contributed by atoms with van der Waals surface area (Å²) in [7, 11) is 0. The molecule has 5 nitrogen and oxygen atoms in total. The molecule has 0 aromatic heterocycles. The zero-order valence-corrected chi connectivity index (χ0v) is 7.15. The van der Waals surface area contributed by atoms with E-state index in [1.165, 1.54) is 0 Å². The van der Waals surface area contributed by atoms with Crippen LogP contribution < -0.4 is 0 Å². The van der Waals surface area contributed by atoms with E-state index in [0.29, 0.717) is 0 Å². The lowest BCUT2D eigenvalue weighted by Crippen LogP contribution is -2.03. The van der Waals surface area contributed by atoms with Gasteiger partial charge in [0.15, 0.2) is 5.78 Å². The van der Waals surface area contributed by atoms with Gasteiger partial charge < -0.3 is 5.11 Å². The van der Waals surface area contributed by atoms with Crippen LogP contribution in [0, 0.1) is 15.9 Å². The van der Waals surface area contributed by atoms with Crippen LogP contribution in [0.5, 0.6) is 5.75 Å². The number of carbonyl (C=O) groups is 1. The second-order valence-electron chi connectivity index (χ2n) is 2.60. The highest BCUT2D eigenvalue weighted by atomic mass is 19.1. The molecule has 0 heterocycles. The van der Waals surface area contributed by atoms with E-state index in [4.69, 9.17) is 5.11 Å². The Kier molecular flexibility index (Phi) is 2.46. The molecule has 0 atom stereocenters. The van der Waals surface area contributed by atoms with Crippen LogP contribution in [0.4, 0.5) is 10.1 Å². The minimum Gasteiger partial charge on any atom is -0.507 e. The SMILES string of the molecule is CC(=O)c1c(O)ccc(F)c1[N+](=O)[O-]. The highest BCUT2D eigenvalue weighted by Gasteiger charge is 2.26. The van der Waals surface area contributed by atoms with E-state index in [9.17, 15) is 19.3 Å². The van der Waals surface area contributed by atoms with Crippen LogP contribution in [0.3, 0.4) is 0 Å². The van der Waals surface area contributed by atoms with E-state index < -0.39 is 33.5 Å². The maximum atomic E-state index is 12.9. The van der Waals surface area contributed by atoms with Crippen LogP contribution >= 0.6 is 0 Å². The summed E-state index contributed by atoms with van der Waals surface area (Å²) in [6, 6.07) is 1.64. The number of hydrogen-bond acceptors (Lipinski definition) is 4. The number of carbonyl (C=O) groups excluding carboxylic acids is 1. The summed E-state index contributed by atoms with van der Waals surface area (Å²) in [5.74, 6) is -2.49. The smallest absolute Gasteiger partial charge is 0.319 e. The minimum atomic E-state index is -1.14. The second-order valence-corrected chi connectivity index (χ2v) is 2.60. The third-order valence-electron chi connectivity index (χ3n) is 1.64. The molecule has 1 aromatic carbocycles. The zero-order chi connectivity index (χ0) is 10.9. The molecule has 14 heavy (non-hydrogen) atoms. The van der Waals surface area contributed by atoms with Crippen LogP contribution in [-0.2, 0) is 0 Å². The molecule has 1 aromatic rings. The monoisotopic (exact) mass is 199 g/mol. The Labute approximate surface area is 77.9 Å². The van der Waals surface area contributed by atoms with Crippen molar-refractivity contribution < 1.29 is 19.2 Å². The molecular formula is C8H6FNO4. The summed E-state index contributed by atoms with van der Waals surface area (Å²) >= 11 is 0. The Balaban J connectivity index is 3.58. The topological polar surface area (TPSA) is 80.4 Å². The summed E-state index contributed by atoms with van der Waals surface area (Å²) in [6.07, 6.45) is 0. The van der Waals surface area contributed by atoms with E-state index in [-0.39, 0.29) is 0 Å². The van der Waals surface area contributed by atoms with Gasteiger partial charge in [0.05, 0.1) is 4.92 Å². The highest BCUT2D eigenvalue weighted by molar-refractivity contribution is 6.00. The van der Waals surface area contributed by atoms with Gasteiger partial charge in [-0.3, -0.25) is 14.9 Å². The number of aromatic hydroxyl groups is 1. The fourth-order valence-electron chi connectivity index (χ4n) is 1.08. The number of Topliss-reactive ketones (excluding diaryl/α,β-unsaturated/α-hetero) is 1. The van der Waals surface area contributed by atoms with Gasteiger partial charge in [-0.15, -0.1) is 0 Å². The van der Waals surface area contributed by atoms with E-state index >= 15 is 0 Å². The lowest BCUT2D eigenvalue weighted by molar-refractivity contribution is -0.387. The molecule has 1 N–H and O–H groups in total. The van der Waals surface area contributed by atoms with Crippen molar-refractivity contribution in [2.24, 2.45) is 0 Å². The molecular weight excluding hydrogens is 193 g/mol. The van der Waals surface area contributed by atoms with Crippen molar-refractivity contribution >= 4 is 11.5 Å². The molecule has 0 aliphatic heterocycles. The number of nitrogens with zero attached hydrogens (tertiary/aromatic N) is 1. The first-order chi connectivity index (χ1) is 6.45. The van der Waals surface area contributed by atoms with Gasteiger partial charge >= 0.3 is 5.69 Å². The Bertz CT molecular complexity index is 377. The Morgan fingerprint density at radius 2 is 2.14 bits per heavy atom. The molecule has 0 bridgehead atoms. The van der Waals surface area contributed by atoms with Crippen LogP contribution in [0.25, 0.3) is 0 Å². The normalized spacial score (nSPS) is 9.86. The highest BCUT2D eigenvalue weighted by Crippen LogP contribution is 2.30. The van der Waals surface area contributed by atoms with Crippen LogP contribution in [0.2, 0.25) is 0 Å². The zero-order valence-electron chi connectivity index (χ0n) is 7.15. The molecule has 0 saturated heterocycles. The molecule has 0 fully saturated rings. The molecule has 0 radical (unpaired) electrons. The van der Waals surface area contributed by atoms with Gasteiger partial charge in [0, 0.05) is 0 Å². The van der Waals surface area contributed by atoms with Gasteiger partial charge in [-0.2, -0.15) is 4.39 Å². The average Bonchev–Trinajstić information content (AvgIpc) is 2.07. The molecule has 0 amide bonds. The van der Waals surface area contributed by atoms with E-state index in [0.717, 1.165) is 19.1 Å². The average molecular weight is 199 g/mol. The van der Waals surface area contributed by atoms with Crippen molar-refractivity contribution in [2.75, 3.05) is 0 Å². The van der Waals surface area contributed by atoms with Crippen molar-refractivity contribution in [3.05, 3.63) is 33.6 Å². The van der Waals surface area contributed by atoms with E-state index in [2.05, 4.69) is 0 Å². The first-order valence-corrected chi connectivity index (χ1v) is 3.62. The summed E-state index contributed by atoms with van der Waals surface area (Å²) in [5, 5.41) is 19.5. The lowest BCUT2D eigenvalue weighted by atomic mass is 10.1. The van der Waals surface area contributed by atoms with Crippen molar-refractivity contribution in [2.45, 2.75) is 6.92 Å². The fraction of sp³-hybridized carbons (Fsp3) is 0.125. The van der Waals surface area contributed by atoms with Crippen molar-refractivity contribution in [1.29, 1.82) is 0 Å². The number of phenols is 1. The standard InChI is InChI=1S/C8H6FNO4/c1-4(11)7-6(12)3-2-5(9)8(7)10(13)14/h2-3,12H,1H3. The van der Waals surface area contributed by atoms with Gasteiger partial charge in [0.1, 0.15) is 11.3 Å². The first-order valence-electron chi connectivity index (χ1n) is 3.62. The number of hydrogen-bond donors (Lipinski definition) is 1. The number of phenolic OH excluding ortho intramolecular Hbond substituents is 1. The largest absolute Gasteiger partial charge is 0.507 e.